The van der Waals surface area contributed by atoms with E-state index in [0.29, 0.717) is 23.1 Å². The summed E-state index contributed by atoms with van der Waals surface area (Å²) in [6.45, 7) is 2.47. The second-order valence-electron chi connectivity index (χ2n) is 8.33. The second kappa shape index (κ2) is 10.6. The minimum atomic E-state index is -0.203. The average Bonchev–Trinajstić information content (AvgIpc) is 3.28. The molecule has 0 radical (unpaired) electrons. The number of rotatable bonds is 8. The Labute approximate surface area is 197 Å². The van der Waals surface area contributed by atoms with Crippen LogP contribution in [-0.2, 0) is 22.6 Å². The zero-order chi connectivity index (χ0) is 23.2. The van der Waals surface area contributed by atoms with Gasteiger partial charge in [0.2, 0.25) is 11.8 Å². The van der Waals surface area contributed by atoms with Gasteiger partial charge in [-0.2, -0.15) is 0 Å². The second-order valence-corrected chi connectivity index (χ2v) is 8.76. The minimum Gasteiger partial charge on any atom is -0.441 e. The van der Waals surface area contributed by atoms with Crippen molar-refractivity contribution >= 4 is 29.1 Å². The van der Waals surface area contributed by atoms with Crippen molar-refractivity contribution in [1.29, 1.82) is 0 Å². The molecule has 2 amide bonds. The highest BCUT2D eigenvalue weighted by Gasteiger charge is 2.23. The Bertz CT molecular complexity index is 1100. The van der Waals surface area contributed by atoms with Crippen molar-refractivity contribution < 1.29 is 14.0 Å². The summed E-state index contributed by atoms with van der Waals surface area (Å²) < 4.78 is 5.77. The smallest absolute Gasteiger partial charge is 0.224 e. The lowest BCUT2D eigenvalue weighted by Crippen LogP contribution is -2.38. The van der Waals surface area contributed by atoms with E-state index in [9.17, 15) is 9.59 Å². The van der Waals surface area contributed by atoms with Crippen LogP contribution in [0.3, 0.4) is 0 Å². The number of anilines is 1. The Morgan fingerprint density at radius 1 is 1.15 bits per heavy atom. The van der Waals surface area contributed by atoms with Gasteiger partial charge in [0, 0.05) is 41.6 Å². The molecule has 8 heteroatoms. The fourth-order valence-corrected chi connectivity index (χ4v) is 4.12. The number of amides is 2. The summed E-state index contributed by atoms with van der Waals surface area (Å²) >= 11 is 5.92. The van der Waals surface area contributed by atoms with Crippen molar-refractivity contribution in [2.24, 2.45) is 11.7 Å². The first-order valence-corrected chi connectivity index (χ1v) is 11.4. The van der Waals surface area contributed by atoms with Crippen LogP contribution in [0.15, 0.2) is 59.1 Å². The summed E-state index contributed by atoms with van der Waals surface area (Å²) in [5.41, 5.74) is 8.18. The summed E-state index contributed by atoms with van der Waals surface area (Å²) in [6, 6.07) is 15.2. The highest BCUT2D eigenvalue weighted by atomic mass is 35.5. The quantitative estimate of drug-likeness (QED) is 0.516. The van der Waals surface area contributed by atoms with E-state index in [0.717, 1.165) is 49.3 Å². The molecule has 4 rings (SSSR count). The number of primary amides is 1. The predicted octanol–water partition coefficient (Wildman–Crippen LogP) is 4.26. The number of oxazole rings is 1. The molecule has 7 nitrogen and oxygen atoms in total. The van der Waals surface area contributed by atoms with Gasteiger partial charge in [0.1, 0.15) is 0 Å². The van der Waals surface area contributed by atoms with Crippen molar-refractivity contribution in [2.45, 2.75) is 32.2 Å². The predicted molar refractivity (Wildman–Crippen MR) is 128 cm³/mol. The third-order valence-corrected chi connectivity index (χ3v) is 6.11. The third kappa shape index (κ3) is 6.43. The van der Waals surface area contributed by atoms with Crippen LogP contribution in [0.5, 0.6) is 0 Å². The van der Waals surface area contributed by atoms with Crippen molar-refractivity contribution in [3.8, 4) is 11.3 Å². The molecule has 3 aromatic rings. The Kier molecular flexibility index (Phi) is 7.42. The van der Waals surface area contributed by atoms with Gasteiger partial charge in [-0.25, -0.2) is 4.98 Å². The topological polar surface area (TPSA) is 101 Å². The van der Waals surface area contributed by atoms with E-state index in [4.69, 9.17) is 21.8 Å². The van der Waals surface area contributed by atoms with Gasteiger partial charge in [-0.05, 0) is 67.9 Å². The van der Waals surface area contributed by atoms with Gasteiger partial charge in [0.25, 0.3) is 0 Å². The number of carbonyl (C=O) groups is 2. The lowest BCUT2D eigenvalue weighted by atomic mass is 9.96. The maximum absolute atomic E-state index is 12.5. The standard InChI is InChI=1S/C25H27ClN4O3/c26-20-6-4-18(5-7-20)22-15-28-24(33-22)9-8-23(31)29-21-3-1-2-17(14-21)16-30-12-10-19(11-13-30)25(27)32/h1-7,14-15,19H,8-13,16H2,(H2,27,32)(H,29,31). The van der Waals surface area contributed by atoms with Crippen molar-refractivity contribution in [1.82, 2.24) is 9.88 Å². The number of benzene rings is 2. The number of aromatic nitrogens is 1. The van der Waals surface area contributed by atoms with Crippen LogP contribution in [0.25, 0.3) is 11.3 Å². The Morgan fingerprint density at radius 3 is 2.64 bits per heavy atom. The van der Waals surface area contributed by atoms with E-state index in [1.54, 1.807) is 18.3 Å². The molecule has 0 saturated carbocycles. The summed E-state index contributed by atoms with van der Waals surface area (Å²) in [7, 11) is 0. The molecule has 0 bridgehead atoms. The monoisotopic (exact) mass is 466 g/mol. The van der Waals surface area contributed by atoms with Gasteiger partial charge in [-0.15, -0.1) is 0 Å². The van der Waals surface area contributed by atoms with Crippen molar-refractivity contribution in [2.75, 3.05) is 18.4 Å². The normalized spacial score (nSPS) is 14.8. The Hall–Kier alpha value is -3.16. The van der Waals surface area contributed by atoms with Gasteiger partial charge < -0.3 is 15.5 Å². The molecule has 1 aromatic heterocycles. The van der Waals surface area contributed by atoms with E-state index >= 15 is 0 Å². The molecule has 0 spiro atoms. The molecule has 1 aliphatic rings. The van der Waals surface area contributed by atoms with Gasteiger partial charge in [-0.1, -0.05) is 23.7 Å². The fraction of sp³-hybridized carbons (Fsp3) is 0.320. The molecule has 0 atom stereocenters. The average molecular weight is 467 g/mol. The van der Waals surface area contributed by atoms with E-state index < -0.39 is 0 Å². The van der Waals surface area contributed by atoms with Crippen LogP contribution in [0.2, 0.25) is 5.02 Å². The number of hydrogen-bond acceptors (Lipinski definition) is 5. The van der Waals surface area contributed by atoms with Crippen LogP contribution in [0.1, 0.15) is 30.7 Å². The van der Waals surface area contributed by atoms with Crippen LogP contribution in [0, 0.1) is 5.92 Å². The Morgan fingerprint density at radius 2 is 1.91 bits per heavy atom. The first kappa shape index (κ1) is 23.0. The summed E-state index contributed by atoms with van der Waals surface area (Å²) in [4.78, 5) is 30.4. The maximum Gasteiger partial charge on any atom is 0.224 e. The SMILES string of the molecule is NC(=O)C1CCN(Cc2cccc(NC(=O)CCc3ncc(-c4ccc(Cl)cc4)o3)c2)CC1. The molecule has 1 fully saturated rings. The van der Waals surface area contributed by atoms with Gasteiger partial charge in [0.15, 0.2) is 11.7 Å². The molecule has 1 saturated heterocycles. The molecule has 0 unspecified atom stereocenters. The lowest BCUT2D eigenvalue weighted by molar-refractivity contribution is -0.123. The highest BCUT2D eigenvalue weighted by Crippen LogP contribution is 2.23. The van der Waals surface area contributed by atoms with Crippen LogP contribution < -0.4 is 11.1 Å². The Balaban J connectivity index is 1.26. The molecule has 0 aliphatic carbocycles. The highest BCUT2D eigenvalue weighted by molar-refractivity contribution is 6.30. The van der Waals surface area contributed by atoms with Crippen molar-refractivity contribution in [3.63, 3.8) is 0 Å². The van der Waals surface area contributed by atoms with E-state index in [1.807, 2.05) is 36.4 Å². The van der Waals surface area contributed by atoms with E-state index in [2.05, 4.69) is 15.2 Å². The largest absolute Gasteiger partial charge is 0.441 e. The number of likely N-dealkylation sites (tertiary alicyclic amines) is 1. The first-order chi connectivity index (χ1) is 16.0. The molecule has 2 aromatic carbocycles. The number of piperidine rings is 1. The molecule has 33 heavy (non-hydrogen) atoms. The van der Waals surface area contributed by atoms with Gasteiger partial charge in [0.05, 0.1) is 6.20 Å². The van der Waals surface area contributed by atoms with Gasteiger partial charge in [-0.3, -0.25) is 14.5 Å². The van der Waals surface area contributed by atoms with E-state index in [-0.39, 0.29) is 24.2 Å². The van der Waals surface area contributed by atoms with Crippen LogP contribution in [0.4, 0.5) is 5.69 Å². The number of nitrogens with zero attached hydrogens (tertiary/aromatic N) is 2. The first-order valence-electron chi connectivity index (χ1n) is 11.1. The molecule has 2 heterocycles. The van der Waals surface area contributed by atoms with Crippen LogP contribution in [-0.4, -0.2) is 34.8 Å². The third-order valence-electron chi connectivity index (χ3n) is 5.86. The molecule has 1 aliphatic heterocycles. The number of aryl methyl sites for hydroxylation is 1. The fourth-order valence-electron chi connectivity index (χ4n) is 4.00. The summed E-state index contributed by atoms with van der Waals surface area (Å²) in [5, 5.41) is 3.61. The summed E-state index contributed by atoms with van der Waals surface area (Å²) in [6.07, 6.45) is 3.93. The zero-order valence-corrected chi connectivity index (χ0v) is 19.1. The summed E-state index contributed by atoms with van der Waals surface area (Å²) in [5.74, 6) is 0.849. The molecule has 3 N–H and O–H groups in total. The van der Waals surface area contributed by atoms with Crippen LogP contribution >= 0.6 is 11.6 Å². The minimum absolute atomic E-state index is 0.0159. The number of carbonyl (C=O) groups excluding carboxylic acids is 2. The maximum atomic E-state index is 12.5. The van der Waals surface area contributed by atoms with Gasteiger partial charge >= 0.3 is 0 Å². The number of hydrogen-bond donors (Lipinski definition) is 2. The number of nitrogens with one attached hydrogen (secondary N) is 1. The van der Waals surface area contributed by atoms with Crippen molar-refractivity contribution in [3.05, 3.63) is 71.2 Å². The lowest BCUT2D eigenvalue weighted by Gasteiger charge is -2.30. The number of nitrogens with two attached hydrogens (primary N) is 1. The molecular formula is C25H27ClN4O3. The molecular weight excluding hydrogens is 440 g/mol. The molecule has 172 valence electrons. The zero-order valence-electron chi connectivity index (χ0n) is 18.3. The number of halogens is 1. The van der Waals surface area contributed by atoms with E-state index in [1.165, 1.54) is 0 Å².